The molecule has 3 heterocycles. The van der Waals surface area contributed by atoms with Crippen LogP contribution in [0, 0.1) is 0 Å². The SMILES string of the molecule is COc1cccc2c1OC1(CCN(C(C)C)CC1)N1N=C(c3ccccc3)C[C@@H]21. The van der Waals surface area contributed by atoms with E-state index in [0.717, 1.165) is 49.6 Å². The fourth-order valence-electron chi connectivity index (χ4n) is 4.96. The van der Waals surface area contributed by atoms with Gasteiger partial charge in [-0.1, -0.05) is 42.5 Å². The Kier molecular flexibility index (Phi) is 4.50. The molecule has 1 fully saturated rings. The van der Waals surface area contributed by atoms with Crippen molar-refractivity contribution in [2.45, 2.75) is 50.9 Å². The molecule has 1 spiro atoms. The van der Waals surface area contributed by atoms with Crippen LogP contribution >= 0.6 is 0 Å². The molecule has 29 heavy (non-hydrogen) atoms. The van der Waals surface area contributed by atoms with Crippen LogP contribution in [0.1, 0.15) is 50.3 Å². The monoisotopic (exact) mass is 391 g/mol. The first-order chi connectivity index (χ1) is 14.1. The first-order valence-corrected chi connectivity index (χ1v) is 10.6. The Hall–Kier alpha value is -2.53. The summed E-state index contributed by atoms with van der Waals surface area (Å²) in [6, 6.07) is 17.5. The Balaban J connectivity index is 1.57. The topological polar surface area (TPSA) is 37.3 Å². The summed E-state index contributed by atoms with van der Waals surface area (Å²) in [5, 5.41) is 7.42. The summed E-state index contributed by atoms with van der Waals surface area (Å²) in [5.74, 6) is 1.72. The summed E-state index contributed by atoms with van der Waals surface area (Å²) in [6.07, 6.45) is 2.76. The zero-order valence-electron chi connectivity index (χ0n) is 17.5. The van der Waals surface area contributed by atoms with Gasteiger partial charge in [0.05, 0.1) is 18.9 Å². The van der Waals surface area contributed by atoms with Crippen molar-refractivity contribution in [1.82, 2.24) is 9.91 Å². The molecule has 0 aromatic heterocycles. The van der Waals surface area contributed by atoms with Gasteiger partial charge in [-0.15, -0.1) is 0 Å². The van der Waals surface area contributed by atoms with E-state index in [4.69, 9.17) is 14.6 Å². The lowest BCUT2D eigenvalue weighted by molar-refractivity contribution is -0.153. The molecule has 0 unspecified atom stereocenters. The van der Waals surface area contributed by atoms with Gasteiger partial charge in [0.1, 0.15) is 0 Å². The third kappa shape index (κ3) is 2.99. The van der Waals surface area contributed by atoms with Gasteiger partial charge in [-0.25, -0.2) is 5.01 Å². The zero-order valence-corrected chi connectivity index (χ0v) is 17.5. The van der Waals surface area contributed by atoms with Crippen LogP contribution in [0.4, 0.5) is 0 Å². The fraction of sp³-hybridized carbons (Fsp3) is 0.458. The quantitative estimate of drug-likeness (QED) is 0.775. The van der Waals surface area contributed by atoms with Crippen LogP contribution in [0.25, 0.3) is 0 Å². The van der Waals surface area contributed by atoms with Gasteiger partial charge in [-0.05, 0) is 25.5 Å². The second-order valence-electron chi connectivity index (χ2n) is 8.53. The maximum atomic E-state index is 6.78. The van der Waals surface area contributed by atoms with Crippen LogP contribution in [0.5, 0.6) is 11.5 Å². The van der Waals surface area contributed by atoms with Crippen LogP contribution in [-0.4, -0.2) is 47.6 Å². The summed E-state index contributed by atoms with van der Waals surface area (Å²) in [5.41, 5.74) is 3.10. The highest BCUT2D eigenvalue weighted by atomic mass is 16.5. The molecular weight excluding hydrogens is 362 g/mol. The average Bonchev–Trinajstić information content (AvgIpc) is 3.21. The molecule has 0 saturated carbocycles. The summed E-state index contributed by atoms with van der Waals surface area (Å²) < 4.78 is 12.5. The van der Waals surface area contributed by atoms with Crippen molar-refractivity contribution in [2.75, 3.05) is 20.2 Å². The third-order valence-electron chi connectivity index (χ3n) is 6.62. The highest BCUT2D eigenvalue weighted by Gasteiger charge is 2.52. The number of rotatable bonds is 3. The number of likely N-dealkylation sites (tertiary alicyclic amines) is 1. The molecule has 0 N–H and O–H groups in total. The number of hydrogen-bond donors (Lipinski definition) is 0. The Morgan fingerprint density at radius 1 is 1.07 bits per heavy atom. The third-order valence-corrected chi connectivity index (χ3v) is 6.62. The number of piperidine rings is 1. The predicted molar refractivity (Wildman–Crippen MR) is 114 cm³/mol. The predicted octanol–water partition coefficient (Wildman–Crippen LogP) is 4.44. The van der Waals surface area contributed by atoms with Crippen molar-refractivity contribution >= 4 is 5.71 Å². The van der Waals surface area contributed by atoms with Crippen LogP contribution < -0.4 is 9.47 Å². The molecule has 3 aliphatic rings. The minimum Gasteiger partial charge on any atom is -0.493 e. The number of ether oxygens (including phenoxy) is 2. The second kappa shape index (κ2) is 7.06. The number of methoxy groups -OCH3 is 1. The number of nitrogens with zero attached hydrogens (tertiary/aromatic N) is 3. The van der Waals surface area contributed by atoms with E-state index in [9.17, 15) is 0 Å². The minimum absolute atomic E-state index is 0.189. The molecule has 2 aromatic rings. The molecule has 0 aliphatic carbocycles. The molecule has 5 nitrogen and oxygen atoms in total. The molecule has 5 heteroatoms. The minimum atomic E-state index is -0.409. The fourth-order valence-corrected chi connectivity index (χ4v) is 4.96. The molecular formula is C24H29N3O2. The van der Waals surface area contributed by atoms with Crippen molar-refractivity contribution in [3.05, 3.63) is 59.7 Å². The smallest absolute Gasteiger partial charge is 0.200 e. The normalized spacial score (nSPS) is 22.8. The Bertz CT molecular complexity index is 917. The van der Waals surface area contributed by atoms with E-state index >= 15 is 0 Å². The molecule has 0 bridgehead atoms. The zero-order chi connectivity index (χ0) is 20.0. The summed E-state index contributed by atoms with van der Waals surface area (Å²) in [4.78, 5) is 2.53. The van der Waals surface area contributed by atoms with Crippen LogP contribution in [0.3, 0.4) is 0 Å². The molecule has 1 atom stereocenters. The van der Waals surface area contributed by atoms with E-state index in [-0.39, 0.29) is 6.04 Å². The van der Waals surface area contributed by atoms with Crippen molar-refractivity contribution in [3.63, 3.8) is 0 Å². The van der Waals surface area contributed by atoms with E-state index in [1.807, 2.05) is 6.07 Å². The van der Waals surface area contributed by atoms with Crippen molar-refractivity contribution in [3.8, 4) is 11.5 Å². The molecule has 0 amide bonds. The van der Waals surface area contributed by atoms with Gasteiger partial charge in [0.15, 0.2) is 11.5 Å². The van der Waals surface area contributed by atoms with E-state index < -0.39 is 5.72 Å². The van der Waals surface area contributed by atoms with E-state index in [1.54, 1.807) is 7.11 Å². The van der Waals surface area contributed by atoms with Crippen LogP contribution in [-0.2, 0) is 0 Å². The standard InChI is InChI=1S/C24H29N3O2/c1-17(2)26-14-12-24(13-15-26)27-21(16-20(25-27)18-8-5-4-6-9-18)19-10-7-11-22(28-3)23(19)29-24/h4-11,17,21H,12-16H2,1-3H3/t21-/m0/s1. The molecule has 3 aliphatic heterocycles. The molecule has 5 rings (SSSR count). The lowest BCUT2D eigenvalue weighted by Crippen LogP contribution is -2.59. The van der Waals surface area contributed by atoms with Crippen molar-refractivity contribution in [1.29, 1.82) is 0 Å². The van der Waals surface area contributed by atoms with E-state index in [0.29, 0.717) is 6.04 Å². The van der Waals surface area contributed by atoms with Gasteiger partial charge in [0, 0.05) is 44.0 Å². The lowest BCUT2D eigenvalue weighted by atomic mass is 9.90. The van der Waals surface area contributed by atoms with Gasteiger partial charge in [0.25, 0.3) is 0 Å². The maximum absolute atomic E-state index is 6.78. The second-order valence-corrected chi connectivity index (χ2v) is 8.53. The maximum Gasteiger partial charge on any atom is 0.200 e. The molecule has 152 valence electrons. The number of hydrogen-bond acceptors (Lipinski definition) is 5. The molecule has 2 aromatic carbocycles. The van der Waals surface area contributed by atoms with E-state index in [1.165, 1.54) is 11.1 Å². The average molecular weight is 392 g/mol. The largest absolute Gasteiger partial charge is 0.493 e. The number of hydrazone groups is 1. The molecule has 1 saturated heterocycles. The summed E-state index contributed by atoms with van der Waals surface area (Å²) >= 11 is 0. The van der Waals surface area contributed by atoms with E-state index in [2.05, 4.69) is 66.2 Å². The Morgan fingerprint density at radius 3 is 2.52 bits per heavy atom. The van der Waals surface area contributed by atoms with Crippen LogP contribution in [0.15, 0.2) is 53.6 Å². The van der Waals surface area contributed by atoms with Gasteiger partial charge >= 0.3 is 0 Å². The number of para-hydroxylation sites is 1. The number of fused-ring (bicyclic) bond motifs is 4. The summed E-state index contributed by atoms with van der Waals surface area (Å²) in [7, 11) is 1.72. The Labute approximate surface area is 172 Å². The highest BCUT2D eigenvalue weighted by molar-refractivity contribution is 6.02. The lowest BCUT2D eigenvalue weighted by Gasteiger charge is -2.51. The molecule has 0 radical (unpaired) electrons. The van der Waals surface area contributed by atoms with Gasteiger partial charge < -0.3 is 14.4 Å². The van der Waals surface area contributed by atoms with Crippen LogP contribution in [0.2, 0.25) is 0 Å². The summed E-state index contributed by atoms with van der Waals surface area (Å²) in [6.45, 7) is 6.56. The van der Waals surface area contributed by atoms with Gasteiger partial charge in [-0.3, -0.25) is 0 Å². The van der Waals surface area contributed by atoms with Crippen molar-refractivity contribution in [2.24, 2.45) is 5.10 Å². The first-order valence-electron chi connectivity index (χ1n) is 10.6. The van der Waals surface area contributed by atoms with Gasteiger partial charge in [0.2, 0.25) is 5.72 Å². The Morgan fingerprint density at radius 2 is 1.83 bits per heavy atom. The highest BCUT2D eigenvalue weighted by Crippen LogP contribution is 2.52. The number of benzene rings is 2. The van der Waals surface area contributed by atoms with Gasteiger partial charge in [-0.2, -0.15) is 5.10 Å². The first kappa shape index (κ1) is 18.5. The van der Waals surface area contributed by atoms with Crippen molar-refractivity contribution < 1.29 is 9.47 Å².